The summed E-state index contributed by atoms with van der Waals surface area (Å²) in [5.74, 6) is 0.877. The molecule has 1 aliphatic carbocycles. The number of halogens is 1. The summed E-state index contributed by atoms with van der Waals surface area (Å²) in [5.41, 5.74) is 2.70. The average Bonchev–Trinajstić information content (AvgIpc) is 2.71. The van der Waals surface area contributed by atoms with Gasteiger partial charge in [0.05, 0.1) is 12.6 Å². The van der Waals surface area contributed by atoms with Gasteiger partial charge < -0.3 is 4.74 Å². The van der Waals surface area contributed by atoms with Gasteiger partial charge in [0.2, 0.25) is 0 Å². The number of hydrogen-bond acceptors (Lipinski definition) is 3. The van der Waals surface area contributed by atoms with Crippen molar-refractivity contribution in [2.75, 3.05) is 20.2 Å². The molecule has 2 aromatic rings. The van der Waals surface area contributed by atoms with Crippen LogP contribution >= 0.6 is 0 Å². The van der Waals surface area contributed by atoms with Crippen molar-refractivity contribution in [1.82, 2.24) is 4.90 Å². The van der Waals surface area contributed by atoms with Crippen LogP contribution in [0.4, 0.5) is 4.39 Å². The quantitative estimate of drug-likeness (QED) is 0.801. The lowest BCUT2D eigenvalue weighted by atomic mass is 9.71. The number of aryl methyl sites for hydroxylation is 1. The molecule has 0 amide bonds. The summed E-state index contributed by atoms with van der Waals surface area (Å²) >= 11 is 0. The van der Waals surface area contributed by atoms with Crippen LogP contribution in [0.2, 0.25) is 0 Å². The highest BCUT2D eigenvalue weighted by Crippen LogP contribution is 2.40. The number of rotatable bonds is 4. The SMILES string of the molecule is COc1ccc2c(c1)CC[C@@]1(CCCCN1CCc1ccc(F)cc1)C2=O. The van der Waals surface area contributed by atoms with E-state index in [1.54, 1.807) is 7.11 Å². The summed E-state index contributed by atoms with van der Waals surface area (Å²) in [6.07, 6.45) is 5.78. The first-order chi connectivity index (χ1) is 13.1. The van der Waals surface area contributed by atoms with Crippen molar-refractivity contribution in [3.8, 4) is 5.75 Å². The lowest BCUT2D eigenvalue weighted by molar-refractivity contribution is 0.0298. The molecule has 142 valence electrons. The molecule has 0 radical (unpaired) electrons. The highest BCUT2D eigenvalue weighted by Gasteiger charge is 2.47. The van der Waals surface area contributed by atoms with Crippen LogP contribution in [0.15, 0.2) is 42.5 Å². The number of carbonyl (C=O) groups is 1. The number of benzene rings is 2. The summed E-state index contributed by atoms with van der Waals surface area (Å²) in [4.78, 5) is 15.9. The van der Waals surface area contributed by atoms with Gasteiger partial charge in [-0.2, -0.15) is 0 Å². The van der Waals surface area contributed by atoms with Gasteiger partial charge in [-0.25, -0.2) is 4.39 Å². The normalized spacial score (nSPS) is 22.7. The third kappa shape index (κ3) is 3.39. The zero-order valence-electron chi connectivity index (χ0n) is 15.8. The maximum absolute atomic E-state index is 13.5. The molecule has 0 unspecified atom stereocenters. The second-order valence-corrected chi connectivity index (χ2v) is 7.70. The number of fused-ring (bicyclic) bond motifs is 1. The Balaban J connectivity index is 1.57. The van der Waals surface area contributed by atoms with E-state index in [4.69, 9.17) is 4.74 Å². The van der Waals surface area contributed by atoms with Crippen molar-refractivity contribution in [3.05, 3.63) is 65.0 Å². The molecule has 0 aromatic heterocycles. The number of piperidine rings is 1. The van der Waals surface area contributed by atoms with E-state index in [1.165, 1.54) is 12.1 Å². The fourth-order valence-corrected chi connectivity index (χ4v) is 4.70. The highest BCUT2D eigenvalue weighted by atomic mass is 19.1. The van der Waals surface area contributed by atoms with Crippen LogP contribution < -0.4 is 4.74 Å². The molecule has 0 N–H and O–H groups in total. The minimum absolute atomic E-state index is 0.206. The van der Waals surface area contributed by atoms with Crippen LogP contribution in [0.1, 0.15) is 47.2 Å². The van der Waals surface area contributed by atoms with E-state index in [2.05, 4.69) is 4.90 Å². The molecule has 1 atom stereocenters. The van der Waals surface area contributed by atoms with Crippen LogP contribution in [0, 0.1) is 5.82 Å². The summed E-state index contributed by atoms with van der Waals surface area (Å²) < 4.78 is 18.5. The first-order valence-electron chi connectivity index (χ1n) is 9.84. The van der Waals surface area contributed by atoms with Gasteiger partial charge in [0.15, 0.2) is 5.78 Å². The molecular formula is C23H26FNO2. The zero-order valence-corrected chi connectivity index (χ0v) is 15.8. The van der Waals surface area contributed by atoms with Crippen molar-refractivity contribution >= 4 is 5.78 Å². The van der Waals surface area contributed by atoms with Gasteiger partial charge in [-0.1, -0.05) is 12.1 Å². The smallest absolute Gasteiger partial charge is 0.183 e. The van der Waals surface area contributed by atoms with Crippen LogP contribution in [0.25, 0.3) is 0 Å². The number of ketones is 1. The van der Waals surface area contributed by atoms with Crippen LogP contribution in [0.5, 0.6) is 5.75 Å². The zero-order chi connectivity index (χ0) is 18.9. The van der Waals surface area contributed by atoms with E-state index in [-0.39, 0.29) is 17.1 Å². The second-order valence-electron chi connectivity index (χ2n) is 7.70. The standard InChI is InChI=1S/C23H26FNO2/c1-27-20-8-9-21-18(16-20)10-13-23(22(21)26)12-2-3-14-25(23)15-11-17-4-6-19(24)7-5-17/h4-9,16H,2-3,10-15H2,1H3/t23-/m0/s1. The van der Waals surface area contributed by atoms with Crippen LogP contribution in [-0.4, -0.2) is 36.4 Å². The van der Waals surface area contributed by atoms with Crippen molar-refractivity contribution in [3.63, 3.8) is 0 Å². The summed E-state index contributed by atoms with van der Waals surface area (Å²) in [6, 6.07) is 12.5. The number of likely N-dealkylation sites (tertiary alicyclic amines) is 1. The summed E-state index contributed by atoms with van der Waals surface area (Å²) in [6.45, 7) is 1.79. The van der Waals surface area contributed by atoms with E-state index in [9.17, 15) is 9.18 Å². The number of methoxy groups -OCH3 is 1. The number of ether oxygens (including phenoxy) is 1. The topological polar surface area (TPSA) is 29.5 Å². The largest absolute Gasteiger partial charge is 0.497 e. The lowest BCUT2D eigenvalue weighted by Crippen LogP contribution is -2.59. The maximum Gasteiger partial charge on any atom is 0.183 e. The first kappa shape index (κ1) is 18.2. The van der Waals surface area contributed by atoms with Crippen molar-refractivity contribution in [1.29, 1.82) is 0 Å². The molecule has 1 aliphatic heterocycles. The molecule has 2 aliphatic rings. The average molecular weight is 367 g/mol. The molecule has 2 aromatic carbocycles. The van der Waals surface area contributed by atoms with Gasteiger partial charge in [0.1, 0.15) is 11.6 Å². The van der Waals surface area contributed by atoms with Gasteiger partial charge in [-0.3, -0.25) is 9.69 Å². The summed E-state index contributed by atoms with van der Waals surface area (Å²) in [7, 11) is 1.66. The Hall–Kier alpha value is -2.20. The molecule has 1 heterocycles. The Morgan fingerprint density at radius 1 is 1.11 bits per heavy atom. The Morgan fingerprint density at radius 2 is 1.93 bits per heavy atom. The van der Waals surface area contributed by atoms with Crippen molar-refractivity contribution in [2.24, 2.45) is 0 Å². The molecule has 0 saturated carbocycles. The predicted molar refractivity (Wildman–Crippen MR) is 104 cm³/mol. The highest BCUT2D eigenvalue weighted by molar-refractivity contribution is 6.05. The fourth-order valence-electron chi connectivity index (χ4n) is 4.70. The maximum atomic E-state index is 13.5. The lowest BCUT2D eigenvalue weighted by Gasteiger charge is -2.48. The van der Waals surface area contributed by atoms with Gasteiger partial charge >= 0.3 is 0 Å². The Labute approximate surface area is 160 Å². The number of nitrogens with zero attached hydrogens (tertiary/aromatic N) is 1. The van der Waals surface area contributed by atoms with Gasteiger partial charge in [0, 0.05) is 12.1 Å². The van der Waals surface area contributed by atoms with Crippen LogP contribution in [-0.2, 0) is 12.8 Å². The second kappa shape index (κ2) is 7.43. The van der Waals surface area contributed by atoms with E-state index in [0.717, 1.165) is 74.1 Å². The summed E-state index contributed by atoms with van der Waals surface area (Å²) in [5, 5.41) is 0. The molecule has 0 bridgehead atoms. The molecule has 3 nitrogen and oxygen atoms in total. The van der Waals surface area contributed by atoms with E-state index < -0.39 is 0 Å². The first-order valence-corrected chi connectivity index (χ1v) is 9.84. The Bertz CT molecular complexity index is 833. The minimum atomic E-state index is -0.375. The van der Waals surface area contributed by atoms with Gasteiger partial charge in [-0.15, -0.1) is 0 Å². The Kier molecular flexibility index (Phi) is 5.00. The molecule has 1 spiro atoms. The monoisotopic (exact) mass is 367 g/mol. The molecule has 27 heavy (non-hydrogen) atoms. The molecule has 4 heteroatoms. The van der Waals surface area contributed by atoms with Gasteiger partial charge in [0.25, 0.3) is 0 Å². The van der Waals surface area contributed by atoms with Crippen molar-refractivity contribution < 1.29 is 13.9 Å². The Morgan fingerprint density at radius 3 is 2.70 bits per heavy atom. The third-order valence-corrected chi connectivity index (χ3v) is 6.24. The number of carbonyl (C=O) groups excluding carboxylic acids is 1. The molecule has 4 rings (SSSR count). The van der Waals surface area contributed by atoms with E-state index in [0.29, 0.717) is 0 Å². The number of hydrogen-bond donors (Lipinski definition) is 0. The van der Waals surface area contributed by atoms with E-state index in [1.807, 2.05) is 30.3 Å². The third-order valence-electron chi connectivity index (χ3n) is 6.24. The van der Waals surface area contributed by atoms with E-state index >= 15 is 0 Å². The van der Waals surface area contributed by atoms with Crippen LogP contribution in [0.3, 0.4) is 0 Å². The molecular weight excluding hydrogens is 341 g/mol. The number of Topliss-reactive ketones (excluding diaryl/α,β-unsaturated/α-hetero) is 1. The molecule has 1 saturated heterocycles. The van der Waals surface area contributed by atoms with Gasteiger partial charge in [-0.05, 0) is 86.5 Å². The minimum Gasteiger partial charge on any atom is -0.497 e. The molecule has 1 fully saturated rings. The predicted octanol–water partition coefficient (Wildman–Crippen LogP) is 4.43. The fraction of sp³-hybridized carbons (Fsp3) is 0.435. The van der Waals surface area contributed by atoms with Crippen molar-refractivity contribution in [2.45, 2.75) is 44.1 Å².